The minimum absolute atomic E-state index is 0.101. The first-order chi connectivity index (χ1) is 22.8. The number of aliphatic hydroxyl groups excluding tert-OH is 1. The lowest BCUT2D eigenvalue weighted by Gasteiger charge is -2.53. The lowest BCUT2D eigenvalue weighted by Crippen LogP contribution is -2.62. The third-order valence-electron chi connectivity index (χ3n) is 10.6. The fourth-order valence-corrected chi connectivity index (χ4v) is 9.52. The van der Waals surface area contributed by atoms with E-state index in [1.54, 1.807) is 12.1 Å². The van der Waals surface area contributed by atoms with Crippen LogP contribution in [0.2, 0.25) is 5.02 Å². The van der Waals surface area contributed by atoms with Crippen molar-refractivity contribution in [3.05, 3.63) is 135 Å². The van der Waals surface area contributed by atoms with E-state index in [1.807, 2.05) is 83.8 Å². The Hall–Kier alpha value is -3.56. The number of aliphatic hydroxyl groups is 1. The summed E-state index contributed by atoms with van der Waals surface area (Å²) < 4.78 is 22.9. The Bertz CT molecular complexity index is 1820. The molecule has 1 saturated carbocycles. The van der Waals surface area contributed by atoms with Gasteiger partial charge in [-0.2, -0.15) is 0 Å². The molecule has 0 aromatic heterocycles. The van der Waals surface area contributed by atoms with Crippen molar-refractivity contribution >= 4 is 45.1 Å². The molecule has 4 aromatic carbocycles. The minimum Gasteiger partial charge on any atom is -0.468 e. The maximum Gasteiger partial charge on any atom is 0.323 e. The van der Waals surface area contributed by atoms with E-state index < -0.39 is 46.8 Å². The second kappa shape index (κ2) is 12.5. The Morgan fingerprint density at radius 1 is 0.979 bits per heavy atom. The summed E-state index contributed by atoms with van der Waals surface area (Å²) in [4.78, 5) is 31.6. The SMILES string of the molecule is COC(=O)[C@H]1[C@H](c2cccc(Cl)c2F)[C@]2(C(=O)Nc3cc(Br)ccc32)C2(CCCCC2)N1[C@H](c1ccccc1)[C@@H](O)c1ccccc1. The molecule has 2 fully saturated rings. The number of halogens is 3. The van der Waals surface area contributed by atoms with Gasteiger partial charge in [0.2, 0.25) is 5.91 Å². The number of ether oxygens (including phenoxy) is 1. The highest BCUT2D eigenvalue weighted by Gasteiger charge is 2.77. The van der Waals surface area contributed by atoms with E-state index >= 15 is 9.18 Å². The van der Waals surface area contributed by atoms with Gasteiger partial charge in [0.15, 0.2) is 0 Å². The Kier molecular flexibility index (Phi) is 8.49. The number of likely N-dealkylation sites (tertiary alicyclic amines) is 1. The first-order valence-electron chi connectivity index (χ1n) is 16.0. The zero-order valence-corrected chi connectivity index (χ0v) is 28.2. The van der Waals surface area contributed by atoms with Crippen LogP contribution in [0, 0.1) is 5.82 Å². The van der Waals surface area contributed by atoms with Crippen molar-refractivity contribution in [2.45, 2.75) is 67.2 Å². The molecule has 7 rings (SSSR count). The van der Waals surface area contributed by atoms with Crippen LogP contribution in [-0.2, 0) is 19.7 Å². The summed E-state index contributed by atoms with van der Waals surface area (Å²) in [6.07, 6.45) is 2.45. The molecule has 4 aromatic rings. The topological polar surface area (TPSA) is 78.9 Å². The maximum atomic E-state index is 16.5. The van der Waals surface area contributed by atoms with Gasteiger partial charge in [-0.15, -0.1) is 0 Å². The summed E-state index contributed by atoms with van der Waals surface area (Å²) in [5.74, 6) is -2.66. The van der Waals surface area contributed by atoms with Crippen LogP contribution in [0.5, 0.6) is 0 Å². The third-order valence-corrected chi connectivity index (χ3v) is 11.4. The highest BCUT2D eigenvalue weighted by Crippen LogP contribution is 2.69. The number of anilines is 1. The van der Waals surface area contributed by atoms with E-state index in [0.717, 1.165) is 29.3 Å². The number of benzene rings is 4. The Morgan fingerprint density at radius 2 is 1.64 bits per heavy atom. The molecule has 242 valence electrons. The number of hydrogen-bond acceptors (Lipinski definition) is 5. The third kappa shape index (κ3) is 4.78. The molecule has 47 heavy (non-hydrogen) atoms. The summed E-state index contributed by atoms with van der Waals surface area (Å²) in [5.41, 5.74) is 0.385. The lowest BCUT2D eigenvalue weighted by atomic mass is 9.55. The highest BCUT2D eigenvalue weighted by atomic mass is 79.9. The molecular weight excluding hydrogens is 683 g/mol. The number of methoxy groups -OCH3 is 1. The fraction of sp³-hybridized carbons (Fsp3) is 0.316. The van der Waals surface area contributed by atoms with Crippen LogP contribution in [0.3, 0.4) is 0 Å². The molecule has 9 heteroatoms. The van der Waals surface area contributed by atoms with Crippen LogP contribution in [0.15, 0.2) is 102 Å². The summed E-state index contributed by atoms with van der Waals surface area (Å²) in [6.45, 7) is 0. The van der Waals surface area contributed by atoms with Gasteiger partial charge in [-0.3, -0.25) is 14.5 Å². The quantitative estimate of drug-likeness (QED) is 0.197. The molecule has 0 bridgehead atoms. The normalized spacial score (nSPS) is 24.6. The predicted octanol–water partition coefficient (Wildman–Crippen LogP) is 8.25. The Balaban J connectivity index is 1.62. The molecule has 5 atom stereocenters. The van der Waals surface area contributed by atoms with Crippen LogP contribution in [0.1, 0.15) is 72.4 Å². The molecule has 0 unspecified atom stereocenters. The number of carbonyl (C=O) groups excluding carboxylic acids is 2. The monoisotopic (exact) mass is 716 g/mol. The molecule has 1 aliphatic carbocycles. The van der Waals surface area contributed by atoms with Crippen LogP contribution in [-0.4, -0.2) is 40.6 Å². The molecule has 2 heterocycles. The second-order valence-corrected chi connectivity index (χ2v) is 14.1. The van der Waals surface area contributed by atoms with Gasteiger partial charge in [-0.05, 0) is 53.3 Å². The number of amides is 1. The number of nitrogens with zero attached hydrogens (tertiary/aromatic N) is 1. The Morgan fingerprint density at radius 3 is 2.30 bits per heavy atom. The van der Waals surface area contributed by atoms with Crippen molar-refractivity contribution in [1.29, 1.82) is 0 Å². The predicted molar refractivity (Wildman–Crippen MR) is 183 cm³/mol. The fourth-order valence-electron chi connectivity index (χ4n) is 8.98. The number of carbonyl (C=O) groups is 2. The largest absolute Gasteiger partial charge is 0.468 e. The zero-order chi connectivity index (χ0) is 32.9. The molecule has 2 N–H and O–H groups in total. The van der Waals surface area contributed by atoms with Gasteiger partial charge in [0.25, 0.3) is 0 Å². The van der Waals surface area contributed by atoms with Crippen molar-refractivity contribution in [3.63, 3.8) is 0 Å². The van der Waals surface area contributed by atoms with E-state index in [0.29, 0.717) is 29.7 Å². The van der Waals surface area contributed by atoms with Crippen molar-refractivity contribution < 1.29 is 23.8 Å². The van der Waals surface area contributed by atoms with E-state index in [-0.39, 0.29) is 16.5 Å². The van der Waals surface area contributed by atoms with Gasteiger partial charge >= 0.3 is 5.97 Å². The van der Waals surface area contributed by atoms with E-state index in [9.17, 15) is 9.90 Å². The van der Waals surface area contributed by atoms with Crippen LogP contribution in [0.4, 0.5) is 10.1 Å². The number of esters is 1. The Labute approximate surface area is 287 Å². The standard InChI is InChI=1S/C38H35BrClFN2O4/c1-47-35(45)33-30(26-16-11-17-28(40)31(26)41)38(27-19-18-25(39)22-29(27)42-36(38)46)37(20-9-4-10-21-37)43(33)32(23-12-5-2-6-13-23)34(44)24-14-7-3-8-15-24/h2-3,5-8,11-19,22,30,32-34,44H,4,9-10,20-21H2,1H3,(H,42,46)/t30-,32+,33+,34-,38+/m0/s1. The van der Waals surface area contributed by atoms with Gasteiger partial charge in [0, 0.05) is 21.6 Å². The second-order valence-electron chi connectivity index (χ2n) is 12.8. The number of nitrogens with one attached hydrogen (secondary N) is 1. The maximum absolute atomic E-state index is 16.5. The first kappa shape index (κ1) is 32.0. The van der Waals surface area contributed by atoms with Crippen LogP contribution in [0.25, 0.3) is 0 Å². The summed E-state index contributed by atoms with van der Waals surface area (Å²) in [6, 6.07) is 27.3. The van der Waals surface area contributed by atoms with Crippen molar-refractivity contribution in [2.75, 3.05) is 12.4 Å². The first-order valence-corrected chi connectivity index (χ1v) is 17.1. The molecule has 2 spiro atoms. The van der Waals surface area contributed by atoms with E-state index in [2.05, 4.69) is 21.2 Å². The van der Waals surface area contributed by atoms with Crippen LogP contribution >= 0.6 is 27.5 Å². The van der Waals surface area contributed by atoms with Gasteiger partial charge < -0.3 is 15.2 Å². The minimum atomic E-state index is -1.45. The molecule has 1 amide bonds. The lowest BCUT2D eigenvalue weighted by molar-refractivity contribution is -0.152. The molecule has 1 saturated heterocycles. The average molecular weight is 718 g/mol. The molecule has 2 aliphatic heterocycles. The number of rotatable bonds is 6. The van der Waals surface area contributed by atoms with E-state index in [4.69, 9.17) is 16.3 Å². The summed E-state index contributed by atoms with van der Waals surface area (Å²) in [7, 11) is 1.31. The number of fused-ring (bicyclic) bond motifs is 3. The number of hydrogen-bond donors (Lipinski definition) is 2. The van der Waals surface area contributed by atoms with Crippen molar-refractivity contribution in [1.82, 2.24) is 4.90 Å². The van der Waals surface area contributed by atoms with Gasteiger partial charge in [0.05, 0.1) is 24.3 Å². The molecule has 6 nitrogen and oxygen atoms in total. The van der Waals surface area contributed by atoms with Crippen molar-refractivity contribution in [3.8, 4) is 0 Å². The van der Waals surface area contributed by atoms with Gasteiger partial charge in [-0.25, -0.2) is 4.39 Å². The van der Waals surface area contributed by atoms with Crippen molar-refractivity contribution in [2.24, 2.45) is 0 Å². The highest BCUT2D eigenvalue weighted by molar-refractivity contribution is 9.10. The van der Waals surface area contributed by atoms with Gasteiger partial charge in [0.1, 0.15) is 17.3 Å². The summed E-state index contributed by atoms with van der Waals surface area (Å²) in [5, 5.41) is 15.5. The summed E-state index contributed by atoms with van der Waals surface area (Å²) >= 11 is 10.0. The average Bonchev–Trinajstić information content (AvgIpc) is 3.52. The molecule has 3 aliphatic rings. The smallest absolute Gasteiger partial charge is 0.323 e. The molecule has 0 radical (unpaired) electrons. The van der Waals surface area contributed by atoms with Gasteiger partial charge in [-0.1, -0.05) is 126 Å². The van der Waals surface area contributed by atoms with E-state index in [1.165, 1.54) is 13.2 Å². The van der Waals surface area contributed by atoms with Crippen LogP contribution < -0.4 is 5.32 Å². The zero-order valence-electron chi connectivity index (χ0n) is 25.8. The molecular formula is C38H35BrClFN2O4.